The van der Waals surface area contributed by atoms with Crippen molar-refractivity contribution in [2.24, 2.45) is 14.1 Å². The Morgan fingerprint density at radius 1 is 0.696 bits per heavy atom. The van der Waals surface area contributed by atoms with Gasteiger partial charge in [-0.15, -0.1) is 0 Å². The van der Waals surface area contributed by atoms with E-state index in [1.54, 1.807) is 0 Å². The Bertz CT molecular complexity index is 646. The molecule has 2 heterocycles. The van der Waals surface area contributed by atoms with Crippen LogP contribution >= 0.6 is 0 Å². The van der Waals surface area contributed by atoms with Crippen molar-refractivity contribution in [1.29, 1.82) is 0 Å². The minimum atomic E-state index is -5.17. The van der Waals surface area contributed by atoms with Gasteiger partial charge in [0, 0.05) is 62.4 Å². The molecule has 0 aliphatic carbocycles. The van der Waals surface area contributed by atoms with Gasteiger partial charge in [-0.2, -0.15) is 0 Å². The van der Waals surface area contributed by atoms with Crippen LogP contribution in [0.15, 0.2) is 36.4 Å². The molecule has 0 atom stereocenters. The van der Waals surface area contributed by atoms with Gasteiger partial charge in [0.2, 0.25) is 0 Å². The third kappa shape index (κ3) is 9.72. The summed E-state index contributed by atoms with van der Waals surface area (Å²) in [6.45, 7) is 8.42. The Balaban J connectivity index is 0.000000332. The second-order valence-electron chi connectivity index (χ2n) is 5.14. The second kappa shape index (κ2) is 9.34. The minimum absolute atomic E-state index is 1.30. The zero-order valence-corrected chi connectivity index (χ0v) is 15.2. The molecule has 0 aliphatic rings. The van der Waals surface area contributed by atoms with Gasteiger partial charge in [-0.1, -0.05) is 0 Å². The normalized spacial score (nSPS) is 10.1. The van der Waals surface area contributed by atoms with Crippen molar-refractivity contribution in [3.63, 3.8) is 0 Å². The Labute approximate surface area is 138 Å². The van der Waals surface area contributed by atoms with E-state index in [2.05, 4.69) is 87.3 Å². The number of rotatable bonds is 0. The Morgan fingerprint density at radius 2 is 0.870 bits per heavy atom. The highest BCUT2D eigenvalue weighted by Crippen LogP contribution is 1.91. The number of hydrogen-bond donors (Lipinski definition) is 0. The van der Waals surface area contributed by atoms with Gasteiger partial charge in [0.1, 0.15) is 14.1 Å². The third-order valence-electron chi connectivity index (χ3n) is 3.47. The molecule has 2 aromatic heterocycles. The van der Waals surface area contributed by atoms with Crippen LogP contribution < -0.4 is 9.13 Å². The summed E-state index contributed by atoms with van der Waals surface area (Å²) < 4.78 is 38.4. The number of hydrogen-bond acceptors (Lipinski definition) is 4. The highest BCUT2D eigenvalue weighted by molar-refractivity contribution is 7.79. The first kappa shape index (κ1) is 21.2. The summed E-state index contributed by atoms with van der Waals surface area (Å²) in [5.74, 6) is 0. The smallest absolute Gasteiger partial charge is 0.178 e. The fraction of sp³-hybridized carbons (Fsp3) is 0.375. The Hall–Kier alpha value is -1.83. The fourth-order valence-corrected chi connectivity index (χ4v) is 1.66. The summed E-state index contributed by atoms with van der Waals surface area (Å²) in [5.41, 5.74) is 5.20. The maximum atomic E-state index is 8.52. The quantitative estimate of drug-likeness (QED) is 0.405. The van der Waals surface area contributed by atoms with Gasteiger partial charge in [-0.3, -0.25) is 8.42 Å². The van der Waals surface area contributed by atoms with Gasteiger partial charge in [-0.25, -0.2) is 9.13 Å². The summed E-state index contributed by atoms with van der Waals surface area (Å²) in [5, 5.41) is 0. The van der Waals surface area contributed by atoms with Gasteiger partial charge in [-0.05, 0) is 12.1 Å². The lowest BCUT2D eigenvalue weighted by Crippen LogP contribution is -2.34. The van der Waals surface area contributed by atoms with E-state index in [0.717, 1.165) is 0 Å². The molecule has 0 amide bonds. The van der Waals surface area contributed by atoms with E-state index >= 15 is 0 Å². The molecule has 0 aliphatic heterocycles. The van der Waals surface area contributed by atoms with Gasteiger partial charge < -0.3 is 9.11 Å². The van der Waals surface area contributed by atoms with Gasteiger partial charge in [0.05, 0.1) is 0 Å². The molecule has 7 heteroatoms. The molecule has 0 fully saturated rings. The third-order valence-corrected chi connectivity index (χ3v) is 3.47. The van der Waals surface area contributed by atoms with E-state index < -0.39 is 10.4 Å². The maximum absolute atomic E-state index is 8.52. The molecule has 0 unspecified atom stereocenters. The molecule has 2 rings (SSSR count). The molecule has 0 saturated carbocycles. The van der Waals surface area contributed by atoms with Gasteiger partial charge in [0.25, 0.3) is 0 Å². The average molecular weight is 340 g/mol. The monoisotopic (exact) mass is 340 g/mol. The molecule has 6 nitrogen and oxygen atoms in total. The molecule has 23 heavy (non-hydrogen) atoms. The van der Waals surface area contributed by atoms with E-state index in [1.807, 2.05) is 0 Å². The molecule has 0 spiro atoms. The number of pyridine rings is 2. The van der Waals surface area contributed by atoms with Gasteiger partial charge in [0.15, 0.2) is 22.8 Å². The number of aryl methyl sites for hydroxylation is 4. The van der Waals surface area contributed by atoms with Crippen LogP contribution in [-0.2, 0) is 24.5 Å². The molecule has 0 radical (unpaired) electrons. The minimum Gasteiger partial charge on any atom is -0.759 e. The molecular formula is C16H24N2O4S. The van der Waals surface area contributed by atoms with Crippen LogP contribution in [0.2, 0.25) is 0 Å². The summed E-state index contributed by atoms with van der Waals surface area (Å²) in [4.78, 5) is 0. The van der Waals surface area contributed by atoms with Crippen molar-refractivity contribution in [2.45, 2.75) is 27.7 Å². The topological polar surface area (TPSA) is 88.0 Å². The molecule has 128 valence electrons. The zero-order valence-electron chi connectivity index (χ0n) is 14.4. The molecule has 0 N–H and O–H groups in total. The summed E-state index contributed by atoms with van der Waals surface area (Å²) in [7, 11) is -1.02. The van der Waals surface area contributed by atoms with Crippen LogP contribution in [0.25, 0.3) is 0 Å². The van der Waals surface area contributed by atoms with Crippen molar-refractivity contribution in [2.75, 3.05) is 0 Å². The number of aromatic nitrogens is 2. The first-order valence-electron chi connectivity index (χ1n) is 6.94. The highest BCUT2D eigenvalue weighted by Gasteiger charge is 2.00. The van der Waals surface area contributed by atoms with E-state index in [1.165, 1.54) is 22.8 Å². The molecule has 0 aromatic carbocycles. The largest absolute Gasteiger partial charge is 0.759 e. The second-order valence-corrected chi connectivity index (χ2v) is 5.96. The van der Waals surface area contributed by atoms with Crippen LogP contribution in [0.3, 0.4) is 0 Å². The highest BCUT2D eigenvalue weighted by atomic mass is 32.3. The fourth-order valence-electron chi connectivity index (χ4n) is 1.66. The Kier molecular flexibility index (Phi) is 8.60. The van der Waals surface area contributed by atoms with Crippen molar-refractivity contribution >= 4 is 10.4 Å². The first-order valence-corrected chi connectivity index (χ1v) is 8.28. The first-order chi connectivity index (χ1) is 10.4. The number of nitrogens with zero attached hydrogens (tertiary/aromatic N) is 2. The SMILES string of the molecule is Cc1cccc(C)[n+]1C.Cc1cccc(C)[n+]1C.O=S(=O)([O-])[O-]. The molecule has 0 saturated heterocycles. The van der Waals surface area contributed by atoms with E-state index in [9.17, 15) is 0 Å². The summed E-state index contributed by atoms with van der Waals surface area (Å²) in [6.07, 6.45) is 0. The van der Waals surface area contributed by atoms with Crippen molar-refractivity contribution in [3.8, 4) is 0 Å². The maximum Gasteiger partial charge on any atom is 0.178 e. The summed E-state index contributed by atoms with van der Waals surface area (Å²) >= 11 is 0. The predicted octanol–water partition coefficient (Wildman–Crippen LogP) is 0.918. The van der Waals surface area contributed by atoms with Crippen LogP contribution in [0, 0.1) is 27.7 Å². The van der Waals surface area contributed by atoms with E-state index in [4.69, 9.17) is 17.5 Å². The lowest BCUT2D eigenvalue weighted by Gasteiger charge is -2.06. The van der Waals surface area contributed by atoms with Crippen molar-refractivity contribution in [3.05, 3.63) is 59.2 Å². The Morgan fingerprint density at radius 3 is 1.00 bits per heavy atom. The zero-order chi connectivity index (χ0) is 18.2. The summed E-state index contributed by atoms with van der Waals surface area (Å²) in [6, 6.07) is 12.6. The average Bonchev–Trinajstić information content (AvgIpc) is 2.41. The van der Waals surface area contributed by atoms with Crippen LogP contribution in [-0.4, -0.2) is 17.5 Å². The van der Waals surface area contributed by atoms with E-state index in [0.29, 0.717) is 0 Å². The standard InChI is InChI=1S/2C8H12N.H2O4S/c2*1-7-5-4-6-8(2)9(7)3;1-5(2,3)4/h2*4-6H,1-3H3;(H2,1,2,3,4)/q2*+1;/p-2. The van der Waals surface area contributed by atoms with Gasteiger partial charge >= 0.3 is 0 Å². The van der Waals surface area contributed by atoms with Crippen LogP contribution in [0.4, 0.5) is 0 Å². The van der Waals surface area contributed by atoms with Crippen molar-refractivity contribution in [1.82, 2.24) is 0 Å². The molecular weight excluding hydrogens is 316 g/mol. The molecule has 0 bridgehead atoms. The van der Waals surface area contributed by atoms with E-state index in [-0.39, 0.29) is 0 Å². The molecule has 2 aromatic rings. The van der Waals surface area contributed by atoms with Crippen molar-refractivity contribution < 1.29 is 26.7 Å². The van der Waals surface area contributed by atoms with Crippen LogP contribution in [0.5, 0.6) is 0 Å². The van der Waals surface area contributed by atoms with Crippen LogP contribution in [0.1, 0.15) is 22.8 Å². The predicted molar refractivity (Wildman–Crippen MR) is 84.7 cm³/mol. The lowest BCUT2D eigenvalue weighted by molar-refractivity contribution is -0.684. The lowest BCUT2D eigenvalue weighted by atomic mass is 10.3.